The van der Waals surface area contributed by atoms with Crippen molar-refractivity contribution in [2.75, 3.05) is 11.9 Å². The lowest BCUT2D eigenvalue weighted by molar-refractivity contribution is -0.0498. The average molecular weight is 320 g/mol. The summed E-state index contributed by atoms with van der Waals surface area (Å²) in [6, 6.07) is 11.5. The minimum absolute atomic E-state index is 0.0992. The summed E-state index contributed by atoms with van der Waals surface area (Å²) < 4.78 is 31.2. The molecule has 6 nitrogen and oxygen atoms in total. The van der Waals surface area contributed by atoms with Gasteiger partial charge in [0.05, 0.1) is 6.54 Å². The normalized spacial score (nSPS) is 11.1. The monoisotopic (exact) mass is 320 g/mol. The molecule has 120 valence electrons. The third kappa shape index (κ3) is 3.47. The van der Waals surface area contributed by atoms with E-state index in [0.29, 0.717) is 18.7 Å². The molecule has 0 radical (unpaired) electrons. The van der Waals surface area contributed by atoms with Crippen molar-refractivity contribution >= 4 is 11.3 Å². The highest BCUT2D eigenvalue weighted by Crippen LogP contribution is 2.17. The smallest absolute Gasteiger partial charge is 0.387 e. The van der Waals surface area contributed by atoms with E-state index in [0.717, 1.165) is 5.69 Å². The van der Waals surface area contributed by atoms with Crippen LogP contribution in [0.2, 0.25) is 0 Å². The topological polar surface area (TPSA) is 60.6 Å². The Morgan fingerprint density at radius 3 is 2.65 bits per heavy atom. The lowest BCUT2D eigenvalue weighted by atomic mass is 10.3. The molecule has 0 amide bonds. The van der Waals surface area contributed by atoms with Gasteiger partial charge in [-0.2, -0.15) is 8.78 Å². The van der Waals surface area contributed by atoms with Crippen LogP contribution in [0.1, 0.15) is 0 Å². The number of aromatic nitrogens is 3. The molecule has 2 aromatic heterocycles. The molecule has 8 heteroatoms. The first kappa shape index (κ1) is 15.0. The van der Waals surface area contributed by atoms with Crippen molar-refractivity contribution in [3.8, 4) is 5.75 Å². The van der Waals surface area contributed by atoms with E-state index in [9.17, 15) is 13.6 Å². The van der Waals surface area contributed by atoms with Gasteiger partial charge in [-0.3, -0.25) is 4.40 Å². The summed E-state index contributed by atoms with van der Waals surface area (Å²) >= 11 is 0. The quantitative estimate of drug-likeness (QED) is 0.756. The van der Waals surface area contributed by atoms with E-state index in [1.165, 1.54) is 21.2 Å². The number of halogens is 2. The Morgan fingerprint density at radius 2 is 1.96 bits per heavy atom. The van der Waals surface area contributed by atoms with Crippen molar-refractivity contribution in [3.05, 3.63) is 59.1 Å². The fourth-order valence-corrected chi connectivity index (χ4v) is 2.17. The van der Waals surface area contributed by atoms with E-state index >= 15 is 0 Å². The number of ether oxygens (including phenoxy) is 1. The Bertz CT molecular complexity index is 843. The van der Waals surface area contributed by atoms with E-state index in [2.05, 4.69) is 15.2 Å². The van der Waals surface area contributed by atoms with Crippen LogP contribution in [0.3, 0.4) is 0 Å². The van der Waals surface area contributed by atoms with Crippen LogP contribution in [0.4, 0.5) is 14.5 Å². The van der Waals surface area contributed by atoms with Crippen molar-refractivity contribution in [1.29, 1.82) is 0 Å². The van der Waals surface area contributed by atoms with Crippen LogP contribution in [-0.4, -0.2) is 27.3 Å². The highest BCUT2D eigenvalue weighted by Gasteiger charge is 2.06. The zero-order chi connectivity index (χ0) is 16.2. The Hall–Kier alpha value is -2.90. The van der Waals surface area contributed by atoms with Crippen LogP contribution < -0.4 is 15.7 Å². The molecule has 3 aromatic rings. The zero-order valence-corrected chi connectivity index (χ0v) is 12.0. The van der Waals surface area contributed by atoms with Crippen LogP contribution in [0.25, 0.3) is 5.65 Å². The van der Waals surface area contributed by atoms with Gasteiger partial charge in [0.2, 0.25) is 0 Å². The molecule has 3 rings (SSSR count). The first-order valence-electron chi connectivity index (χ1n) is 6.96. The van der Waals surface area contributed by atoms with E-state index < -0.39 is 6.61 Å². The molecule has 1 aromatic carbocycles. The number of alkyl halides is 2. The molecule has 0 aliphatic heterocycles. The van der Waals surface area contributed by atoms with Gasteiger partial charge in [-0.05, 0) is 36.4 Å². The number of anilines is 1. The first-order valence-corrected chi connectivity index (χ1v) is 6.96. The van der Waals surface area contributed by atoms with E-state index in [1.54, 1.807) is 30.5 Å². The third-order valence-electron chi connectivity index (χ3n) is 3.22. The highest BCUT2D eigenvalue weighted by atomic mass is 19.3. The summed E-state index contributed by atoms with van der Waals surface area (Å²) in [5.41, 5.74) is 1.12. The fraction of sp³-hybridized carbons (Fsp3) is 0.200. The number of fused-ring (bicyclic) bond motifs is 1. The highest BCUT2D eigenvalue weighted by molar-refractivity contribution is 5.46. The van der Waals surface area contributed by atoms with Crippen LogP contribution in [-0.2, 0) is 6.54 Å². The SMILES string of the molecule is O=c1n(CCNc2ccc(OC(F)F)cc2)nc2ccccn12. The zero-order valence-electron chi connectivity index (χ0n) is 12.0. The van der Waals surface area contributed by atoms with E-state index in [-0.39, 0.29) is 11.4 Å². The van der Waals surface area contributed by atoms with Crippen LogP contribution in [0, 0.1) is 0 Å². The largest absolute Gasteiger partial charge is 0.435 e. The van der Waals surface area contributed by atoms with Crippen molar-refractivity contribution < 1.29 is 13.5 Å². The molecule has 0 atom stereocenters. The molecule has 0 bridgehead atoms. The second-order valence-electron chi connectivity index (χ2n) is 4.76. The summed E-state index contributed by atoms with van der Waals surface area (Å²) in [5.74, 6) is 0.0992. The second-order valence-corrected chi connectivity index (χ2v) is 4.76. The molecule has 0 saturated carbocycles. The van der Waals surface area contributed by atoms with Crippen LogP contribution in [0.5, 0.6) is 5.75 Å². The lowest BCUT2D eigenvalue weighted by Crippen LogP contribution is -2.24. The third-order valence-corrected chi connectivity index (χ3v) is 3.22. The predicted molar refractivity (Wildman–Crippen MR) is 81.0 cm³/mol. The number of pyridine rings is 1. The standard InChI is InChI=1S/C15H14F2N4O2/c16-14(17)23-12-6-4-11(5-7-12)18-8-10-21-15(22)20-9-2-1-3-13(20)19-21/h1-7,9,14,18H,8,10H2. The molecule has 0 fully saturated rings. The number of rotatable bonds is 6. The summed E-state index contributed by atoms with van der Waals surface area (Å²) in [4.78, 5) is 12.1. The number of nitrogens with zero attached hydrogens (tertiary/aromatic N) is 3. The van der Waals surface area contributed by atoms with Gasteiger partial charge in [0.25, 0.3) is 0 Å². The van der Waals surface area contributed by atoms with Crippen molar-refractivity contribution in [1.82, 2.24) is 14.2 Å². The molecule has 0 spiro atoms. The van der Waals surface area contributed by atoms with Crippen LogP contribution >= 0.6 is 0 Å². The summed E-state index contributed by atoms with van der Waals surface area (Å²) in [6.07, 6.45) is 1.66. The number of hydrogen-bond donors (Lipinski definition) is 1. The molecule has 1 N–H and O–H groups in total. The number of nitrogens with one attached hydrogen (secondary N) is 1. The molecular weight excluding hydrogens is 306 g/mol. The Kier molecular flexibility index (Phi) is 4.22. The Labute approximate surface area is 129 Å². The molecule has 2 heterocycles. The van der Waals surface area contributed by atoms with Gasteiger partial charge in [0.1, 0.15) is 5.75 Å². The van der Waals surface area contributed by atoms with Gasteiger partial charge in [-0.1, -0.05) is 6.07 Å². The van der Waals surface area contributed by atoms with Crippen LogP contribution in [0.15, 0.2) is 53.5 Å². The van der Waals surface area contributed by atoms with Gasteiger partial charge >= 0.3 is 12.3 Å². The second kappa shape index (κ2) is 6.47. The van der Waals surface area contributed by atoms with Crippen molar-refractivity contribution in [3.63, 3.8) is 0 Å². The first-order chi connectivity index (χ1) is 11.1. The molecule has 0 saturated heterocycles. The van der Waals surface area contributed by atoms with Gasteiger partial charge in [0.15, 0.2) is 5.65 Å². The average Bonchev–Trinajstić information content (AvgIpc) is 2.85. The Balaban J connectivity index is 1.60. The van der Waals surface area contributed by atoms with Gasteiger partial charge in [-0.15, -0.1) is 5.10 Å². The van der Waals surface area contributed by atoms with Gasteiger partial charge in [0, 0.05) is 18.4 Å². The maximum Gasteiger partial charge on any atom is 0.387 e. The fourth-order valence-electron chi connectivity index (χ4n) is 2.17. The molecule has 23 heavy (non-hydrogen) atoms. The molecular formula is C15H14F2N4O2. The minimum Gasteiger partial charge on any atom is -0.435 e. The van der Waals surface area contributed by atoms with Crippen molar-refractivity contribution in [2.24, 2.45) is 0 Å². The molecule has 0 unspecified atom stereocenters. The molecule has 0 aliphatic rings. The number of benzene rings is 1. The van der Waals surface area contributed by atoms with Crippen molar-refractivity contribution in [2.45, 2.75) is 13.2 Å². The summed E-state index contributed by atoms with van der Waals surface area (Å²) in [7, 11) is 0. The van der Waals surface area contributed by atoms with E-state index in [4.69, 9.17) is 0 Å². The maximum absolute atomic E-state index is 12.1. The predicted octanol–water partition coefficient (Wildman–Crippen LogP) is 2.21. The molecule has 0 aliphatic carbocycles. The Morgan fingerprint density at radius 1 is 1.17 bits per heavy atom. The van der Waals surface area contributed by atoms with E-state index in [1.807, 2.05) is 6.07 Å². The minimum atomic E-state index is -2.84. The summed E-state index contributed by atoms with van der Waals surface area (Å²) in [6.45, 7) is -1.98. The maximum atomic E-state index is 12.1. The van der Waals surface area contributed by atoms with Gasteiger partial charge in [-0.25, -0.2) is 9.48 Å². The van der Waals surface area contributed by atoms with Gasteiger partial charge < -0.3 is 10.1 Å². The number of hydrogen-bond acceptors (Lipinski definition) is 4. The lowest BCUT2D eigenvalue weighted by Gasteiger charge is -2.08. The summed E-state index contributed by atoms with van der Waals surface area (Å²) in [5, 5.41) is 7.31.